The van der Waals surface area contributed by atoms with Crippen LogP contribution in [0.2, 0.25) is 0 Å². The van der Waals surface area contributed by atoms with Gasteiger partial charge in [0.25, 0.3) is 0 Å². The van der Waals surface area contributed by atoms with Crippen molar-refractivity contribution in [3.63, 3.8) is 0 Å². The smallest absolute Gasteiger partial charge is 0.157 e. The Morgan fingerprint density at radius 3 is 2.68 bits per heavy atom. The average Bonchev–Trinajstić information content (AvgIpc) is 3.10. The minimum absolute atomic E-state index is 0.410. The molecule has 4 rings (SSSR count). The fourth-order valence-electron chi connectivity index (χ4n) is 4.68. The van der Waals surface area contributed by atoms with Gasteiger partial charge in [-0.3, -0.25) is 4.99 Å². The molecule has 2 bridgehead atoms. The highest BCUT2D eigenvalue weighted by molar-refractivity contribution is 8.14. The molecule has 1 heterocycles. The summed E-state index contributed by atoms with van der Waals surface area (Å²) >= 11 is 2.00. The lowest BCUT2D eigenvalue weighted by Crippen LogP contribution is -2.46. The number of hydrogen-bond donors (Lipinski definition) is 1. The van der Waals surface area contributed by atoms with Gasteiger partial charge >= 0.3 is 0 Å². The van der Waals surface area contributed by atoms with E-state index in [-0.39, 0.29) is 0 Å². The van der Waals surface area contributed by atoms with Crippen molar-refractivity contribution in [3.8, 4) is 0 Å². The van der Waals surface area contributed by atoms with E-state index in [2.05, 4.69) is 12.2 Å². The zero-order chi connectivity index (χ0) is 12.9. The third kappa shape index (κ3) is 2.32. The minimum atomic E-state index is 0.410. The third-order valence-corrected chi connectivity index (χ3v) is 7.25. The van der Waals surface area contributed by atoms with Crippen LogP contribution < -0.4 is 5.32 Å². The quantitative estimate of drug-likeness (QED) is 0.788. The van der Waals surface area contributed by atoms with Crippen LogP contribution in [0, 0.1) is 17.8 Å². The number of nitrogens with one attached hydrogen (secondary N) is 1. The predicted molar refractivity (Wildman–Crippen MR) is 82.6 cm³/mol. The van der Waals surface area contributed by atoms with Crippen LogP contribution in [0.3, 0.4) is 0 Å². The van der Waals surface area contributed by atoms with Crippen molar-refractivity contribution >= 4 is 16.9 Å². The van der Waals surface area contributed by atoms with Crippen molar-refractivity contribution in [3.05, 3.63) is 0 Å². The summed E-state index contributed by atoms with van der Waals surface area (Å²) in [4.78, 5) is 5.09. The Hall–Kier alpha value is -0.180. The first-order valence-corrected chi connectivity index (χ1v) is 9.20. The normalized spacial score (nSPS) is 51.1. The zero-order valence-corrected chi connectivity index (χ0v) is 12.8. The Labute approximate surface area is 121 Å². The molecule has 3 aliphatic carbocycles. The van der Waals surface area contributed by atoms with Gasteiger partial charge in [-0.25, -0.2) is 0 Å². The number of thioether (sulfide) groups is 1. The molecule has 1 N–H and O–H groups in total. The minimum Gasteiger partial charge on any atom is -0.359 e. The largest absolute Gasteiger partial charge is 0.359 e. The first-order chi connectivity index (χ1) is 9.22. The topological polar surface area (TPSA) is 24.4 Å². The van der Waals surface area contributed by atoms with Gasteiger partial charge in [0.1, 0.15) is 0 Å². The van der Waals surface area contributed by atoms with E-state index in [0.29, 0.717) is 11.6 Å². The lowest BCUT2D eigenvalue weighted by Gasteiger charge is -2.35. The van der Waals surface area contributed by atoms with Gasteiger partial charge < -0.3 is 5.32 Å². The molecule has 3 atom stereocenters. The number of rotatable bonds is 1. The summed E-state index contributed by atoms with van der Waals surface area (Å²) < 4.78 is 0. The number of fused-ring (bicyclic) bond motifs is 2. The van der Waals surface area contributed by atoms with E-state index in [1.54, 1.807) is 0 Å². The summed E-state index contributed by atoms with van der Waals surface area (Å²) in [5.74, 6) is 4.13. The van der Waals surface area contributed by atoms with Crippen LogP contribution >= 0.6 is 11.8 Å². The number of amidine groups is 1. The lowest BCUT2D eigenvalue weighted by atomic mass is 9.78. The van der Waals surface area contributed by atoms with Crippen LogP contribution in [0.5, 0.6) is 0 Å². The van der Waals surface area contributed by atoms with Crippen LogP contribution in [0.4, 0.5) is 0 Å². The molecular weight excluding hydrogens is 252 g/mol. The molecule has 1 aliphatic heterocycles. The Kier molecular flexibility index (Phi) is 3.09. The van der Waals surface area contributed by atoms with Gasteiger partial charge in [0.2, 0.25) is 0 Å². The van der Waals surface area contributed by atoms with Crippen molar-refractivity contribution in [1.29, 1.82) is 0 Å². The standard InChI is InChI=1S/C16H26N2S/c1-11-4-6-16(7-5-11)10-19-15(18-16)17-14-9-12-2-3-13(14)8-12/h11-14H,2-10H2,1H3,(H,17,18). The molecule has 0 amide bonds. The predicted octanol–water partition coefficient (Wildman–Crippen LogP) is 3.82. The summed E-state index contributed by atoms with van der Waals surface area (Å²) in [7, 11) is 0. The van der Waals surface area contributed by atoms with Gasteiger partial charge in [-0.15, -0.1) is 0 Å². The zero-order valence-electron chi connectivity index (χ0n) is 12.0. The van der Waals surface area contributed by atoms with Gasteiger partial charge in [0, 0.05) is 11.3 Å². The Morgan fingerprint density at radius 1 is 1.16 bits per heavy atom. The Balaban J connectivity index is 1.41. The van der Waals surface area contributed by atoms with Gasteiger partial charge in [-0.05, 0) is 62.7 Å². The second kappa shape index (κ2) is 4.68. The highest BCUT2D eigenvalue weighted by Gasteiger charge is 2.42. The Morgan fingerprint density at radius 2 is 2.00 bits per heavy atom. The Bertz CT molecular complexity index is 384. The molecule has 1 saturated heterocycles. The fourth-order valence-corrected chi connectivity index (χ4v) is 5.95. The lowest BCUT2D eigenvalue weighted by molar-refractivity contribution is 0.250. The number of nitrogens with zero attached hydrogens (tertiary/aromatic N) is 1. The van der Waals surface area contributed by atoms with Crippen LogP contribution in [-0.2, 0) is 0 Å². The van der Waals surface area contributed by atoms with Gasteiger partial charge in [-0.2, -0.15) is 0 Å². The summed E-state index contributed by atoms with van der Waals surface area (Å²) in [5.41, 5.74) is 0.410. The highest BCUT2D eigenvalue weighted by Crippen LogP contribution is 2.46. The first kappa shape index (κ1) is 12.6. The van der Waals surface area contributed by atoms with E-state index < -0.39 is 0 Å². The highest BCUT2D eigenvalue weighted by atomic mass is 32.2. The van der Waals surface area contributed by atoms with E-state index in [1.165, 1.54) is 62.3 Å². The molecule has 0 radical (unpaired) electrons. The molecule has 4 aliphatic rings. The van der Waals surface area contributed by atoms with E-state index in [4.69, 9.17) is 4.99 Å². The SMILES string of the molecule is CC1CCC2(CC1)CSC(=NC1CC3CCC1C3)N2. The summed E-state index contributed by atoms with van der Waals surface area (Å²) in [6.45, 7) is 2.40. The maximum Gasteiger partial charge on any atom is 0.157 e. The molecule has 2 nitrogen and oxygen atoms in total. The molecular formula is C16H26N2S. The van der Waals surface area contributed by atoms with Gasteiger partial charge in [-0.1, -0.05) is 25.1 Å². The molecule has 1 spiro atoms. The molecule has 0 aromatic heterocycles. The van der Waals surface area contributed by atoms with Crippen molar-refractivity contribution in [2.45, 2.75) is 69.9 Å². The number of hydrogen-bond acceptors (Lipinski definition) is 2. The van der Waals surface area contributed by atoms with Crippen molar-refractivity contribution in [1.82, 2.24) is 5.32 Å². The van der Waals surface area contributed by atoms with Gasteiger partial charge in [0.15, 0.2) is 5.17 Å². The summed E-state index contributed by atoms with van der Waals surface area (Å²) in [6.07, 6.45) is 11.3. The monoisotopic (exact) mass is 278 g/mol. The van der Waals surface area contributed by atoms with Crippen LogP contribution in [-0.4, -0.2) is 22.5 Å². The molecule has 0 aromatic rings. The van der Waals surface area contributed by atoms with Crippen molar-refractivity contribution < 1.29 is 0 Å². The first-order valence-electron chi connectivity index (χ1n) is 8.21. The molecule has 3 unspecified atom stereocenters. The maximum absolute atomic E-state index is 5.09. The van der Waals surface area contributed by atoms with Crippen LogP contribution in [0.25, 0.3) is 0 Å². The molecule has 3 saturated carbocycles. The van der Waals surface area contributed by atoms with Crippen molar-refractivity contribution in [2.75, 3.05) is 5.75 Å². The van der Waals surface area contributed by atoms with Gasteiger partial charge in [0.05, 0.1) is 6.04 Å². The van der Waals surface area contributed by atoms with E-state index in [0.717, 1.165) is 17.8 Å². The van der Waals surface area contributed by atoms with Crippen LogP contribution in [0.1, 0.15) is 58.3 Å². The number of aliphatic imine (C=N–C) groups is 1. The van der Waals surface area contributed by atoms with E-state index in [9.17, 15) is 0 Å². The third-order valence-electron chi connectivity index (χ3n) is 6.07. The molecule has 19 heavy (non-hydrogen) atoms. The fraction of sp³-hybridized carbons (Fsp3) is 0.938. The maximum atomic E-state index is 5.09. The van der Waals surface area contributed by atoms with E-state index in [1.807, 2.05) is 11.8 Å². The molecule has 106 valence electrons. The molecule has 4 fully saturated rings. The summed E-state index contributed by atoms with van der Waals surface area (Å²) in [6, 6.07) is 0.659. The van der Waals surface area contributed by atoms with Crippen LogP contribution in [0.15, 0.2) is 4.99 Å². The molecule has 3 heteroatoms. The van der Waals surface area contributed by atoms with E-state index >= 15 is 0 Å². The van der Waals surface area contributed by atoms with Crippen molar-refractivity contribution in [2.24, 2.45) is 22.7 Å². The summed E-state index contributed by atoms with van der Waals surface area (Å²) in [5, 5.41) is 5.11. The molecule has 0 aromatic carbocycles. The second-order valence-electron chi connectivity index (χ2n) is 7.55. The average molecular weight is 278 g/mol. The second-order valence-corrected chi connectivity index (χ2v) is 8.52.